The number of rotatable bonds is 7. The van der Waals surface area contributed by atoms with Gasteiger partial charge in [-0.05, 0) is 62.1 Å². The summed E-state index contributed by atoms with van der Waals surface area (Å²) in [6, 6.07) is 20.2. The molecule has 5 rings (SSSR count). The summed E-state index contributed by atoms with van der Waals surface area (Å²) in [5.41, 5.74) is 5.17. The van der Waals surface area contributed by atoms with Crippen molar-refractivity contribution in [3.8, 4) is 11.5 Å². The first-order chi connectivity index (χ1) is 20.2. The summed E-state index contributed by atoms with van der Waals surface area (Å²) >= 11 is 0. The Bertz CT molecular complexity index is 1540. The lowest BCUT2D eigenvalue weighted by Crippen LogP contribution is -2.37. The first kappa shape index (κ1) is 28.9. The van der Waals surface area contributed by atoms with E-state index in [2.05, 4.69) is 24.1 Å². The van der Waals surface area contributed by atoms with Gasteiger partial charge in [0.15, 0.2) is 5.78 Å². The highest BCUT2D eigenvalue weighted by Crippen LogP contribution is 2.49. The molecule has 0 radical (unpaired) electrons. The average Bonchev–Trinajstić information content (AvgIpc) is 3.12. The predicted octanol–water partition coefficient (Wildman–Crippen LogP) is 6.39. The van der Waals surface area contributed by atoms with Gasteiger partial charge in [-0.15, -0.1) is 0 Å². The lowest BCUT2D eigenvalue weighted by atomic mass is 9.78. The zero-order valence-electron chi connectivity index (χ0n) is 24.8. The van der Waals surface area contributed by atoms with Crippen molar-refractivity contribution in [2.45, 2.75) is 52.5 Å². The van der Waals surface area contributed by atoms with E-state index in [4.69, 9.17) is 9.47 Å². The van der Waals surface area contributed by atoms with Crippen LogP contribution in [0.15, 0.2) is 78.0 Å². The summed E-state index contributed by atoms with van der Waals surface area (Å²) in [6.45, 7) is 8.53. The second kappa shape index (κ2) is 12.1. The lowest BCUT2D eigenvalue weighted by Gasteiger charge is -2.35. The van der Waals surface area contributed by atoms with E-state index < -0.39 is 12.0 Å². The number of nitrogens with one attached hydrogen (secondary N) is 1. The smallest absolute Gasteiger partial charge is 0.308 e. The summed E-state index contributed by atoms with van der Waals surface area (Å²) in [6.07, 6.45) is 0.857. The number of hydrogen-bond donors (Lipinski definition) is 1. The zero-order chi connectivity index (χ0) is 30.0. The molecule has 1 amide bonds. The van der Waals surface area contributed by atoms with Crippen LogP contribution >= 0.6 is 0 Å². The molecule has 3 aromatic rings. The summed E-state index contributed by atoms with van der Waals surface area (Å²) < 4.78 is 11.1. The third kappa shape index (κ3) is 5.49. The van der Waals surface area contributed by atoms with Crippen LogP contribution in [-0.2, 0) is 14.4 Å². The number of amides is 1. The number of carbonyl (C=O) groups is 3. The van der Waals surface area contributed by atoms with Gasteiger partial charge in [-0.2, -0.15) is 0 Å². The van der Waals surface area contributed by atoms with E-state index in [1.165, 1.54) is 13.8 Å². The van der Waals surface area contributed by atoms with Crippen LogP contribution in [0.1, 0.15) is 63.6 Å². The number of Topliss-reactive ketones (excluding diaryl/α,β-unsaturated/α-hetero) is 1. The van der Waals surface area contributed by atoms with Gasteiger partial charge in [-0.25, -0.2) is 0 Å². The summed E-state index contributed by atoms with van der Waals surface area (Å²) in [5.74, 6) is 0.275. The highest BCUT2D eigenvalue weighted by molar-refractivity contribution is 6.06. The SMILES string of the molecule is CCN(CC)c1ccc(C2C3=C(CC(c4ccc(OC)cc4)CC3=O)Nc3ccccc3N2C(C)=O)c(OC(C)=O)c1. The number of anilines is 3. The highest BCUT2D eigenvalue weighted by Gasteiger charge is 2.42. The lowest BCUT2D eigenvalue weighted by molar-refractivity contribution is -0.132. The van der Waals surface area contributed by atoms with Crippen LogP contribution in [0, 0.1) is 0 Å². The average molecular weight is 568 g/mol. The fraction of sp³-hybridized carbons (Fsp3) is 0.324. The van der Waals surface area contributed by atoms with Crippen LogP contribution in [0.4, 0.5) is 17.1 Å². The fourth-order valence-electron chi connectivity index (χ4n) is 6.12. The van der Waals surface area contributed by atoms with Crippen LogP contribution in [0.3, 0.4) is 0 Å². The standard InChI is InChI=1S/C34H37N3O5/c1-6-36(7-2)25-14-17-27(32(20-25)42-22(4)39)34-33-29(35-28-10-8-9-11-30(28)37(34)21(3)38)18-24(19-31(33)40)23-12-15-26(41-5)16-13-23/h8-17,20,24,34-35H,6-7,18-19H2,1-5H3. The molecule has 0 fully saturated rings. The van der Waals surface area contributed by atoms with Crippen molar-refractivity contribution >= 4 is 34.7 Å². The molecule has 2 atom stereocenters. The third-order valence-electron chi connectivity index (χ3n) is 8.09. The van der Waals surface area contributed by atoms with Gasteiger partial charge in [0.2, 0.25) is 5.91 Å². The monoisotopic (exact) mass is 567 g/mol. The Morgan fingerprint density at radius 2 is 1.69 bits per heavy atom. The number of hydrogen-bond acceptors (Lipinski definition) is 7. The van der Waals surface area contributed by atoms with Gasteiger partial charge in [0.25, 0.3) is 0 Å². The van der Waals surface area contributed by atoms with Gasteiger partial charge in [0, 0.05) is 61.9 Å². The zero-order valence-corrected chi connectivity index (χ0v) is 24.8. The molecule has 2 unspecified atom stereocenters. The number of fused-ring (bicyclic) bond motifs is 1. The summed E-state index contributed by atoms with van der Waals surface area (Å²) in [4.78, 5) is 43.8. The maximum atomic E-state index is 14.2. The molecule has 1 heterocycles. The second-order valence-electron chi connectivity index (χ2n) is 10.6. The number of ketones is 1. The molecule has 3 aromatic carbocycles. The van der Waals surface area contributed by atoms with Crippen LogP contribution in [0.5, 0.6) is 11.5 Å². The molecule has 0 bridgehead atoms. The molecule has 0 saturated carbocycles. The quantitative estimate of drug-likeness (QED) is 0.262. The van der Waals surface area contributed by atoms with E-state index in [-0.39, 0.29) is 24.0 Å². The maximum absolute atomic E-state index is 14.2. The molecule has 2 aliphatic rings. The van der Waals surface area contributed by atoms with E-state index in [0.29, 0.717) is 29.0 Å². The molecule has 218 valence electrons. The molecule has 0 aromatic heterocycles. The van der Waals surface area contributed by atoms with Crippen molar-refractivity contribution in [1.29, 1.82) is 0 Å². The largest absolute Gasteiger partial charge is 0.497 e. The Labute approximate surface area is 246 Å². The fourth-order valence-corrected chi connectivity index (χ4v) is 6.12. The van der Waals surface area contributed by atoms with Crippen molar-refractivity contribution in [3.63, 3.8) is 0 Å². The van der Waals surface area contributed by atoms with E-state index >= 15 is 0 Å². The Morgan fingerprint density at radius 1 is 0.976 bits per heavy atom. The molecule has 0 saturated heterocycles. The minimum atomic E-state index is -0.793. The Balaban J connectivity index is 1.71. The van der Waals surface area contributed by atoms with E-state index in [1.807, 2.05) is 66.7 Å². The van der Waals surface area contributed by atoms with E-state index in [1.54, 1.807) is 12.0 Å². The molecule has 42 heavy (non-hydrogen) atoms. The highest BCUT2D eigenvalue weighted by atomic mass is 16.5. The number of methoxy groups -OCH3 is 1. The van der Waals surface area contributed by atoms with Gasteiger partial charge < -0.3 is 19.7 Å². The number of benzene rings is 3. The first-order valence-corrected chi connectivity index (χ1v) is 14.4. The number of nitrogens with zero attached hydrogens (tertiary/aromatic N) is 2. The van der Waals surface area contributed by atoms with Crippen LogP contribution in [0.2, 0.25) is 0 Å². The Kier molecular flexibility index (Phi) is 8.34. The van der Waals surface area contributed by atoms with Crippen LogP contribution < -0.4 is 24.6 Å². The molecule has 8 heteroatoms. The second-order valence-corrected chi connectivity index (χ2v) is 10.6. The van der Waals surface area contributed by atoms with E-state index in [9.17, 15) is 14.4 Å². The van der Waals surface area contributed by atoms with Crippen molar-refractivity contribution in [2.24, 2.45) is 0 Å². The number of esters is 1. The molecular formula is C34H37N3O5. The minimum Gasteiger partial charge on any atom is -0.497 e. The van der Waals surface area contributed by atoms with Crippen LogP contribution in [-0.4, -0.2) is 37.9 Å². The normalized spacial score (nSPS) is 17.9. The van der Waals surface area contributed by atoms with Gasteiger partial charge in [0.1, 0.15) is 11.5 Å². The summed E-state index contributed by atoms with van der Waals surface area (Å²) in [7, 11) is 1.63. The summed E-state index contributed by atoms with van der Waals surface area (Å²) in [5, 5.41) is 3.53. The Hall–Kier alpha value is -4.59. The Morgan fingerprint density at radius 3 is 2.33 bits per heavy atom. The molecule has 1 aliphatic heterocycles. The molecule has 8 nitrogen and oxygen atoms in total. The topological polar surface area (TPSA) is 88.2 Å². The number of carbonyl (C=O) groups excluding carboxylic acids is 3. The van der Waals surface area contributed by atoms with Gasteiger partial charge in [0.05, 0.1) is 24.5 Å². The maximum Gasteiger partial charge on any atom is 0.308 e. The first-order valence-electron chi connectivity index (χ1n) is 14.4. The van der Waals surface area contributed by atoms with Crippen molar-refractivity contribution in [1.82, 2.24) is 0 Å². The minimum absolute atomic E-state index is 0.0515. The number of ether oxygens (including phenoxy) is 2. The number of allylic oxidation sites excluding steroid dienone is 1. The van der Waals surface area contributed by atoms with Gasteiger partial charge in [-0.1, -0.05) is 30.3 Å². The van der Waals surface area contributed by atoms with Gasteiger partial charge in [-0.3, -0.25) is 19.3 Å². The molecular weight excluding hydrogens is 530 g/mol. The van der Waals surface area contributed by atoms with Crippen LogP contribution in [0.25, 0.3) is 0 Å². The van der Waals surface area contributed by atoms with E-state index in [0.717, 1.165) is 41.5 Å². The van der Waals surface area contributed by atoms with Gasteiger partial charge >= 0.3 is 5.97 Å². The molecule has 1 N–H and O–H groups in total. The molecule has 0 spiro atoms. The number of para-hydroxylation sites is 2. The van der Waals surface area contributed by atoms with Crippen molar-refractivity contribution < 1.29 is 23.9 Å². The van der Waals surface area contributed by atoms with Crippen molar-refractivity contribution in [2.75, 3.05) is 35.3 Å². The molecule has 1 aliphatic carbocycles. The van der Waals surface area contributed by atoms with Crippen molar-refractivity contribution in [3.05, 3.63) is 89.1 Å². The predicted molar refractivity (Wildman–Crippen MR) is 164 cm³/mol. The third-order valence-corrected chi connectivity index (χ3v) is 8.09.